The molecule has 3 rings (SSSR count). The highest BCUT2D eigenvalue weighted by atomic mass is 79.9. The van der Waals surface area contributed by atoms with Crippen molar-refractivity contribution in [2.75, 3.05) is 19.6 Å². The van der Waals surface area contributed by atoms with E-state index in [2.05, 4.69) is 39.6 Å². The Balaban J connectivity index is 1.80. The van der Waals surface area contributed by atoms with Crippen molar-refractivity contribution in [2.24, 2.45) is 0 Å². The Morgan fingerprint density at radius 3 is 2.17 bits per heavy atom. The van der Waals surface area contributed by atoms with Gasteiger partial charge in [-0.15, -0.1) is 0 Å². The summed E-state index contributed by atoms with van der Waals surface area (Å²) >= 11 is 3.41. The molecule has 2 atom stereocenters. The van der Waals surface area contributed by atoms with E-state index in [1.165, 1.54) is 23.8 Å². The van der Waals surface area contributed by atoms with Crippen LogP contribution in [0.25, 0.3) is 0 Å². The summed E-state index contributed by atoms with van der Waals surface area (Å²) in [5.41, 5.74) is 3.16. The number of aliphatic hydroxyl groups is 1. The molecule has 0 fully saturated rings. The van der Waals surface area contributed by atoms with Gasteiger partial charge in [0.25, 0.3) is 11.8 Å². The molecule has 0 aliphatic rings. The third-order valence-corrected chi connectivity index (χ3v) is 7.38. The van der Waals surface area contributed by atoms with Crippen molar-refractivity contribution in [1.82, 2.24) is 15.5 Å². The van der Waals surface area contributed by atoms with Crippen LogP contribution in [0, 0.1) is 11.6 Å². The van der Waals surface area contributed by atoms with Crippen molar-refractivity contribution in [2.45, 2.75) is 65.1 Å². The zero-order valence-electron chi connectivity index (χ0n) is 24.4. The highest BCUT2D eigenvalue weighted by Gasteiger charge is 2.24. The fourth-order valence-electron chi connectivity index (χ4n) is 4.87. The summed E-state index contributed by atoms with van der Waals surface area (Å²) in [7, 11) is 0. The Labute approximate surface area is 255 Å². The number of carbonyl (C=O) groups is 2. The first kappa shape index (κ1) is 33.4. The van der Waals surface area contributed by atoms with Crippen LogP contribution in [0.2, 0.25) is 0 Å². The highest BCUT2D eigenvalue weighted by Crippen LogP contribution is 2.19. The van der Waals surface area contributed by atoms with Crippen LogP contribution in [0.3, 0.4) is 0 Å². The summed E-state index contributed by atoms with van der Waals surface area (Å²) in [5.74, 6) is -2.16. The number of aryl methyl sites for hydroxylation is 1. The summed E-state index contributed by atoms with van der Waals surface area (Å²) in [6, 6.07) is 15.2. The van der Waals surface area contributed by atoms with E-state index in [0.29, 0.717) is 35.2 Å². The van der Waals surface area contributed by atoms with Crippen LogP contribution < -0.4 is 10.6 Å². The lowest BCUT2D eigenvalue weighted by Gasteiger charge is -2.25. The minimum absolute atomic E-state index is 0.00481. The molecule has 0 heterocycles. The standard InChI is InChI=1S/C33H40BrF2N3O3/c1-4-10-39(11-5-2)33(42)26-16-25(17-27(34)18-26)32(41)38-30(15-24-13-28(35)19-29(36)14-24)31(40)21-37-20-23-9-7-8-22(6-3)12-23/h7-9,12-14,16-19,30-31,37,40H,4-6,10-11,15,20-21H2,1-3H3,(H,38,41)/t30-,31+/m0/s1. The molecule has 3 aromatic rings. The first-order chi connectivity index (χ1) is 20.1. The van der Waals surface area contributed by atoms with E-state index in [-0.39, 0.29) is 24.4 Å². The number of hydrogen-bond acceptors (Lipinski definition) is 4. The summed E-state index contributed by atoms with van der Waals surface area (Å²) in [4.78, 5) is 28.4. The molecule has 9 heteroatoms. The normalized spacial score (nSPS) is 12.5. The number of nitrogens with one attached hydrogen (secondary N) is 2. The van der Waals surface area contributed by atoms with Crippen LogP contribution in [0.4, 0.5) is 8.78 Å². The van der Waals surface area contributed by atoms with Gasteiger partial charge in [-0.2, -0.15) is 0 Å². The van der Waals surface area contributed by atoms with E-state index < -0.39 is 29.7 Å². The molecule has 42 heavy (non-hydrogen) atoms. The van der Waals surface area contributed by atoms with Crippen molar-refractivity contribution < 1.29 is 23.5 Å². The van der Waals surface area contributed by atoms with Gasteiger partial charge in [0, 0.05) is 47.8 Å². The average Bonchev–Trinajstić information content (AvgIpc) is 2.95. The Morgan fingerprint density at radius 2 is 1.52 bits per heavy atom. The van der Waals surface area contributed by atoms with E-state index in [0.717, 1.165) is 30.9 Å². The van der Waals surface area contributed by atoms with Crippen molar-refractivity contribution in [3.05, 3.63) is 105 Å². The minimum Gasteiger partial charge on any atom is -0.390 e. The highest BCUT2D eigenvalue weighted by molar-refractivity contribution is 9.10. The fraction of sp³-hybridized carbons (Fsp3) is 0.394. The molecule has 0 unspecified atom stereocenters. The molecule has 0 aromatic heterocycles. The predicted octanol–water partition coefficient (Wildman–Crippen LogP) is 6.04. The van der Waals surface area contributed by atoms with Gasteiger partial charge in [0.15, 0.2) is 0 Å². The van der Waals surface area contributed by atoms with E-state index in [1.807, 2.05) is 32.0 Å². The van der Waals surface area contributed by atoms with Crippen molar-refractivity contribution in [1.29, 1.82) is 0 Å². The van der Waals surface area contributed by atoms with Crippen molar-refractivity contribution in [3.8, 4) is 0 Å². The fourth-order valence-corrected chi connectivity index (χ4v) is 5.36. The summed E-state index contributed by atoms with van der Waals surface area (Å²) in [6.07, 6.45) is 1.45. The number of rotatable bonds is 15. The van der Waals surface area contributed by atoms with E-state index >= 15 is 0 Å². The lowest BCUT2D eigenvalue weighted by Crippen LogP contribution is -2.48. The molecule has 3 aromatic carbocycles. The number of hydrogen-bond donors (Lipinski definition) is 3. The lowest BCUT2D eigenvalue weighted by atomic mass is 9.99. The van der Waals surface area contributed by atoms with Gasteiger partial charge >= 0.3 is 0 Å². The zero-order chi connectivity index (χ0) is 30.6. The first-order valence-corrected chi connectivity index (χ1v) is 15.2. The smallest absolute Gasteiger partial charge is 0.253 e. The molecule has 3 N–H and O–H groups in total. The Kier molecular flexibility index (Phi) is 13.1. The van der Waals surface area contributed by atoms with Crippen LogP contribution in [0.15, 0.2) is 65.1 Å². The van der Waals surface area contributed by atoms with Gasteiger partial charge < -0.3 is 20.6 Å². The van der Waals surface area contributed by atoms with E-state index in [1.54, 1.807) is 17.0 Å². The molecule has 0 bridgehead atoms. The van der Waals surface area contributed by atoms with Crippen LogP contribution in [-0.2, 0) is 19.4 Å². The molecule has 6 nitrogen and oxygen atoms in total. The Bertz CT molecular complexity index is 1330. The Morgan fingerprint density at radius 1 is 0.881 bits per heavy atom. The summed E-state index contributed by atoms with van der Waals surface area (Å²) in [5, 5.41) is 17.2. The summed E-state index contributed by atoms with van der Waals surface area (Å²) in [6.45, 7) is 7.93. The topological polar surface area (TPSA) is 81.7 Å². The minimum atomic E-state index is -1.08. The second-order valence-electron chi connectivity index (χ2n) is 10.5. The van der Waals surface area contributed by atoms with Crippen molar-refractivity contribution in [3.63, 3.8) is 0 Å². The zero-order valence-corrected chi connectivity index (χ0v) is 26.0. The van der Waals surface area contributed by atoms with Gasteiger partial charge in [0.1, 0.15) is 11.6 Å². The quantitative estimate of drug-likeness (QED) is 0.189. The Hall–Kier alpha value is -3.14. The third kappa shape index (κ3) is 10.00. The second-order valence-corrected chi connectivity index (χ2v) is 11.4. The second kappa shape index (κ2) is 16.5. The van der Waals surface area contributed by atoms with Gasteiger partial charge in [0.05, 0.1) is 12.1 Å². The van der Waals surface area contributed by atoms with Gasteiger partial charge in [-0.3, -0.25) is 9.59 Å². The molecule has 0 aliphatic heterocycles. The number of benzene rings is 3. The number of halogens is 3. The van der Waals surface area contributed by atoms with Gasteiger partial charge in [0.2, 0.25) is 0 Å². The molecule has 0 aliphatic carbocycles. The van der Waals surface area contributed by atoms with Crippen LogP contribution >= 0.6 is 15.9 Å². The van der Waals surface area contributed by atoms with Gasteiger partial charge in [-0.05, 0) is 72.7 Å². The molecular formula is C33H40BrF2N3O3. The summed E-state index contributed by atoms with van der Waals surface area (Å²) < 4.78 is 28.5. The molecule has 0 spiro atoms. The van der Waals surface area contributed by atoms with E-state index in [9.17, 15) is 23.5 Å². The maximum absolute atomic E-state index is 14.0. The molecule has 226 valence electrons. The molecule has 2 amide bonds. The lowest BCUT2D eigenvalue weighted by molar-refractivity contribution is 0.0755. The van der Waals surface area contributed by atoms with Crippen molar-refractivity contribution >= 4 is 27.7 Å². The van der Waals surface area contributed by atoms with Crippen LogP contribution in [0.5, 0.6) is 0 Å². The van der Waals surface area contributed by atoms with Crippen LogP contribution in [-0.4, -0.2) is 53.6 Å². The molecule has 0 radical (unpaired) electrons. The maximum atomic E-state index is 14.0. The maximum Gasteiger partial charge on any atom is 0.253 e. The number of aliphatic hydroxyl groups excluding tert-OH is 1. The number of carbonyl (C=O) groups excluding carboxylic acids is 2. The number of nitrogens with zero attached hydrogens (tertiary/aromatic N) is 1. The predicted molar refractivity (Wildman–Crippen MR) is 165 cm³/mol. The monoisotopic (exact) mass is 643 g/mol. The largest absolute Gasteiger partial charge is 0.390 e. The van der Waals surface area contributed by atoms with Gasteiger partial charge in [-0.1, -0.05) is 61.0 Å². The first-order valence-electron chi connectivity index (χ1n) is 14.5. The third-order valence-electron chi connectivity index (χ3n) is 6.92. The SMILES string of the molecule is CCCN(CCC)C(=O)c1cc(Br)cc(C(=O)N[C@@H](Cc2cc(F)cc(F)c2)[C@H](O)CNCc2cccc(CC)c2)c1. The number of amides is 2. The molecular weight excluding hydrogens is 604 g/mol. The van der Waals surface area contributed by atoms with Gasteiger partial charge in [-0.25, -0.2) is 8.78 Å². The van der Waals surface area contributed by atoms with E-state index in [4.69, 9.17) is 0 Å². The molecule has 0 saturated carbocycles. The molecule has 0 saturated heterocycles. The van der Waals surface area contributed by atoms with Crippen LogP contribution in [0.1, 0.15) is 71.0 Å². The average molecular weight is 645 g/mol.